The van der Waals surface area contributed by atoms with Gasteiger partial charge in [0.05, 0.1) is 18.3 Å². The molecule has 1 heterocycles. The van der Waals surface area contributed by atoms with Gasteiger partial charge in [0.15, 0.2) is 0 Å². The number of hydrogen-bond donors (Lipinski definition) is 0. The number of furan rings is 1. The quantitative estimate of drug-likeness (QED) is 0.348. The van der Waals surface area contributed by atoms with Crippen molar-refractivity contribution in [3.63, 3.8) is 0 Å². The molecule has 2 aromatic rings. The van der Waals surface area contributed by atoms with Gasteiger partial charge in [-0.2, -0.15) is 0 Å². The van der Waals surface area contributed by atoms with Crippen molar-refractivity contribution >= 4 is 26.9 Å². The molecule has 3 heteroatoms. The van der Waals surface area contributed by atoms with Gasteiger partial charge >= 0.3 is 0 Å². The molecule has 21 heavy (non-hydrogen) atoms. The summed E-state index contributed by atoms with van der Waals surface area (Å²) >= 11 is 3.47. The smallest absolute Gasteiger partial charge is 0.137 e. The van der Waals surface area contributed by atoms with E-state index in [2.05, 4.69) is 15.9 Å². The fraction of sp³-hybridized carbons (Fsp3) is 0.556. The molecular weight excluding hydrogens is 328 g/mol. The molecule has 1 aromatic carbocycles. The number of alkyl halides is 1. The van der Waals surface area contributed by atoms with Gasteiger partial charge < -0.3 is 9.15 Å². The Bertz CT molecular complexity index is 507. The van der Waals surface area contributed by atoms with Crippen molar-refractivity contribution in [2.75, 3.05) is 11.9 Å². The number of rotatable bonds is 11. The Hall–Kier alpha value is -0.960. The zero-order chi connectivity index (χ0) is 14.8. The summed E-state index contributed by atoms with van der Waals surface area (Å²) in [6.07, 6.45) is 12.2. The number of unbranched alkanes of at least 4 members (excludes halogenated alkanes) is 7. The molecule has 0 saturated carbocycles. The largest absolute Gasteiger partial charge is 0.493 e. The van der Waals surface area contributed by atoms with Crippen LogP contribution in [-0.2, 0) is 0 Å². The van der Waals surface area contributed by atoms with E-state index in [4.69, 9.17) is 9.15 Å². The molecule has 116 valence electrons. The maximum atomic E-state index is 5.87. The Morgan fingerprint density at radius 1 is 0.857 bits per heavy atom. The lowest BCUT2D eigenvalue weighted by Crippen LogP contribution is -1.97. The Labute approximate surface area is 136 Å². The molecule has 0 aliphatic rings. The van der Waals surface area contributed by atoms with Crippen LogP contribution in [0.1, 0.15) is 51.4 Å². The van der Waals surface area contributed by atoms with Gasteiger partial charge in [0.2, 0.25) is 0 Å². The summed E-state index contributed by atoms with van der Waals surface area (Å²) in [6.45, 7) is 0.799. The van der Waals surface area contributed by atoms with Gasteiger partial charge in [-0.25, -0.2) is 0 Å². The van der Waals surface area contributed by atoms with Crippen LogP contribution in [0.2, 0.25) is 0 Å². The van der Waals surface area contributed by atoms with E-state index in [1.807, 2.05) is 24.3 Å². The molecule has 0 atom stereocenters. The third-order valence-corrected chi connectivity index (χ3v) is 4.30. The fourth-order valence-corrected chi connectivity index (χ4v) is 2.93. The highest BCUT2D eigenvalue weighted by molar-refractivity contribution is 9.09. The topological polar surface area (TPSA) is 22.4 Å². The van der Waals surface area contributed by atoms with Crippen LogP contribution in [0.15, 0.2) is 34.9 Å². The van der Waals surface area contributed by atoms with E-state index in [1.165, 1.54) is 44.9 Å². The van der Waals surface area contributed by atoms with Crippen molar-refractivity contribution in [1.82, 2.24) is 0 Å². The van der Waals surface area contributed by atoms with Gasteiger partial charge in [-0.3, -0.25) is 0 Å². The van der Waals surface area contributed by atoms with E-state index in [1.54, 1.807) is 6.26 Å². The van der Waals surface area contributed by atoms with Gasteiger partial charge in [-0.15, -0.1) is 0 Å². The first-order valence-corrected chi connectivity index (χ1v) is 9.19. The normalized spacial score (nSPS) is 11.1. The van der Waals surface area contributed by atoms with Crippen LogP contribution in [0.4, 0.5) is 0 Å². The third kappa shape index (κ3) is 5.74. The van der Waals surface area contributed by atoms with Gasteiger partial charge in [0, 0.05) is 5.33 Å². The lowest BCUT2D eigenvalue weighted by atomic mass is 10.1. The second kappa shape index (κ2) is 9.88. The second-order valence-corrected chi connectivity index (χ2v) is 6.25. The van der Waals surface area contributed by atoms with E-state index >= 15 is 0 Å². The predicted octanol–water partition coefficient (Wildman–Crippen LogP) is 6.33. The van der Waals surface area contributed by atoms with Crippen LogP contribution in [0.3, 0.4) is 0 Å². The Morgan fingerprint density at radius 3 is 2.33 bits per heavy atom. The standard InChI is InChI=1S/C18H25BrO2/c19-13-7-5-3-1-2-4-6-8-14-20-17-10-9-11-18-16(17)12-15-21-18/h9-12,15H,1-8,13-14H2. The SMILES string of the molecule is BrCCCCCCCCCCOc1cccc2occc12. The maximum Gasteiger partial charge on any atom is 0.137 e. The Balaban J connectivity index is 1.53. The zero-order valence-corrected chi connectivity index (χ0v) is 14.2. The zero-order valence-electron chi connectivity index (χ0n) is 12.7. The summed E-state index contributed by atoms with van der Waals surface area (Å²) in [6, 6.07) is 7.94. The highest BCUT2D eigenvalue weighted by atomic mass is 79.9. The molecule has 0 radical (unpaired) electrons. The van der Waals surface area contributed by atoms with E-state index in [0.29, 0.717) is 0 Å². The first-order valence-electron chi connectivity index (χ1n) is 8.07. The monoisotopic (exact) mass is 352 g/mol. The molecule has 2 rings (SSSR count). The van der Waals surface area contributed by atoms with Crippen LogP contribution in [-0.4, -0.2) is 11.9 Å². The van der Waals surface area contributed by atoms with E-state index < -0.39 is 0 Å². The average molecular weight is 353 g/mol. The summed E-state index contributed by atoms with van der Waals surface area (Å²) in [4.78, 5) is 0. The summed E-state index contributed by atoms with van der Waals surface area (Å²) < 4.78 is 11.2. The minimum atomic E-state index is 0.799. The Kier molecular flexibility index (Phi) is 7.72. The molecule has 0 saturated heterocycles. The summed E-state index contributed by atoms with van der Waals surface area (Å²) in [7, 11) is 0. The van der Waals surface area contributed by atoms with Crippen LogP contribution in [0.5, 0.6) is 5.75 Å². The average Bonchev–Trinajstić information content (AvgIpc) is 2.98. The number of benzene rings is 1. The van der Waals surface area contributed by atoms with Gasteiger partial charge in [0.25, 0.3) is 0 Å². The van der Waals surface area contributed by atoms with Gasteiger partial charge in [0.1, 0.15) is 11.3 Å². The second-order valence-electron chi connectivity index (χ2n) is 5.45. The fourth-order valence-electron chi connectivity index (χ4n) is 2.53. The van der Waals surface area contributed by atoms with Crippen molar-refractivity contribution in [3.8, 4) is 5.75 Å². The first kappa shape index (κ1) is 16.4. The number of halogens is 1. The lowest BCUT2D eigenvalue weighted by molar-refractivity contribution is 0.307. The number of ether oxygens (including phenoxy) is 1. The maximum absolute atomic E-state index is 5.87. The van der Waals surface area contributed by atoms with Crippen LogP contribution >= 0.6 is 15.9 Å². The van der Waals surface area contributed by atoms with Crippen LogP contribution < -0.4 is 4.74 Å². The summed E-state index contributed by atoms with van der Waals surface area (Å²) in [5.41, 5.74) is 0.899. The third-order valence-electron chi connectivity index (χ3n) is 3.74. The highest BCUT2D eigenvalue weighted by Gasteiger charge is 2.03. The molecule has 0 unspecified atom stereocenters. The number of hydrogen-bond acceptors (Lipinski definition) is 2. The molecule has 2 nitrogen and oxygen atoms in total. The minimum Gasteiger partial charge on any atom is -0.493 e. The van der Waals surface area contributed by atoms with Crippen molar-refractivity contribution < 1.29 is 9.15 Å². The molecule has 1 aromatic heterocycles. The predicted molar refractivity (Wildman–Crippen MR) is 92.4 cm³/mol. The molecule has 0 amide bonds. The first-order chi connectivity index (χ1) is 10.4. The van der Waals surface area contributed by atoms with Gasteiger partial charge in [-0.1, -0.05) is 60.5 Å². The molecule has 0 N–H and O–H groups in total. The summed E-state index contributed by atoms with van der Waals surface area (Å²) in [5.74, 6) is 0.941. The number of fused-ring (bicyclic) bond motifs is 1. The minimum absolute atomic E-state index is 0.799. The molecule has 0 aliphatic carbocycles. The lowest BCUT2D eigenvalue weighted by Gasteiger charge is -2.07. The van der Waals surface area contributed by atoms with E-state index in [9.17, 15) is 0 Å². The van der Waals surface area contributed by atoms with Crippen LogP contribution in [0.25, 0.3) is 11.0 Å². The van der Waals surface area contributed by atoms with Crippen LogP contribution in [0, 0.1) is 0 Å². The van der Waals surface area contributed by atoms with E-state index in [-0.39, 0.29) is 0 Å². The molecular formula is C18H25BrO2. The summed E-state index contributed by atoms with van der Waals surface area (Å²) in [5, 5.41) is 2.22. The van der Waals surface area contributed by atoms with E-state index in [0.717, 1.165) is 35.1 Å². The van der Waals surface area contributed by atoms with Crippen molar-refractivity contribution in [1.29, 1.82) is 0 Å². The van der Waals surface area contributed by atoms with Gasteiger partial charge in [-0.05, 0) is 31.0 Å². The van der Waals surface area contributed by atoms with Crippen molar-refractivity contribution in [2.24, 2.45) is 0 Å². The molecule has 0 aliphatic heterocycles. The molecule has 0 spiro atoms. The highest BCUT2D eigenvalue weighted by Crippen LogP contribution is 2.26. The molecule has 0 fully saturated rings. The Morgan fingerprint density at radius 2 is 1.57 bits per heavy atom. The van der Waals surface area contributed by atoms with Crippen molar-refractivity contribution in [2.45, 2.75) is 51.4 Å². The van der Waals surface area contributed by atoms with Crippen molar-refractivity contribution in [3.05, 3.63) is 30.5 Å². The molecule has 0 bridgehead atoms.